The second-order valence-corrected chi connectivity index (χ2v) is 2.29. The van der Waals surface area contributed by atoms with Crippen LogP contribution in [0.5, 0.6) is 0 Å². The molecule has 0 atom stereocenters. The van der Waals surface area contributed by atoms with Gasteiger partial charge in [-0.15, -0.1) is 0 Å². The lowest BCUT2D eigenvalue weighted by Gasteiger charge is -2.03. The van der Waals surface area contributed by atoms with Crippen LogP contribution in [-0.4, -0.2) is 42.9 Å². The van der Waals surface area contributed by atoms with Gasteiger partial charge in [-0.05, 0) is 13.0 Å². The monoisotopic (exact) mass is 191 g/mol. The Morgan fingerprint density at radius 3 is 2.00 bits per heavy atom. The molecule has 0 amide bonds. The summed E-state index contributed by atoms with van der Waals surface area (Å²) in [6, 6.07) is 0. The fourth-order valence-electron chi connectivity index (χ4n) is 0.706. The topological polar surface area (TPSA) is 67.2 Å². The van der Waals surface area contributed by atoms with Crippen molar-refractivity contribution in [1.82, 2.24) is 10.6 Å². The van der Waals surface area contributed by atoms with Crippen LogP contribution in [0.25, 0.3) is 0 Å². The van der Waals surface area contributed by atoms with E-state index in [1.807, 2.05) is 0 Å². The van der Waals surface area contributed by atoms with Gasteiger partial charge in [-0.1, -0.05) is 6.92 Å². The average molecular weight is 191 g/mol. The van der Waals surface area contributed by atoms with E-state index >= 15 is 0 Å². The molecule has 0 aliphatic heterocycles. The maximum Gasteiger partial charge on any atom is 0.245 e. The van der Waals surface area contributed by atoms with E-state index in [2.05, 4.69) is 17.6 Å². The smallest absolute Gasteiger partial charge is 0.245 e. The Kier molecular flexibility index (Phi) is 20.6. The van der Waals surface area contributed by atoms with Gasteiger partial charge in [-0.2, -0.15) is 0 Å². The maximum absolute atomic E-state index is 8.28. The van der Waals surface area contributed by atoms with Crippen molar-refractivity contribution in [3.63, 3.8) is 0 Å². The molecule has 0 aromatic carbocycles. The third-order valence-corrected chi connectivity index (χ3v) is 1.23. The molecule has 0 unspecified atom stereocenters. The highest BCUT2D eigenvalue weighted by molar-refractivity contribution is 5.85. The van der Waals surface area contributed by atoms with Crippen molar-refractivity contribution in [1.29, 1.82) is 0 Å². The minimum absolute atomic E-state index is 0.611. The molecular weight excluding hydrogens is 170 g/mol. The van der Waals surface area contributed by atoms with E-state index in [1.54, 1.807) is 0 Å². The summed E-state index contributed by atoms with van der Waals surface area (Å²) in [4.78, 5) is 0. The van der Waals surface area contributed by atoms with Gasteiger partial charge in [0.15, 0.2) is 0 Å². The fraction of sp³-hybridized carbons (Fsp3) is 1.00. The quantitative estimate of drug-likeness (QED) is 0.338. The van der Waals surface area contributed by atoms with Gasteiger partial charge in [0.25, 0.3) is 0 Å². The lowest BCUT2D eigenvalue weighted by atomic mass is 10.4. The minimum Gasteiger partial charge on any atom is -0.396 e. The van der Waals surface area contributed by atoms with Crippen LogP contribution in [0.2, 0.25) is 0 Å². The van der Waals surface area contributed by atoms with Crippen molar-refractivity contribution in [3.05, 3.63) is 0 Å². The van der Waals surface area contributed by atoms with Gasteiger partial charge >= 0.3 is 0 Å². The normalized spacial score (nSPS) is 8.83. The summed E-state index contributed by atoms with van der Waals surface area (Å²) in [5, 5.41) is 6.50. The van der Waals surface area contributed by atoms with Crippen molar-refractivity contribution >= 4 is 10.1 Å². The Hall–Kier alpha value is -0.103. The molecule has 5 heteroatoms. The highest BCUT2D eigenvalue weighted by atomic mass is 28.1. The summed E-state index contributed by atoms with van der Waals surface area (Å²) in [7, 11) is 0.611. The zero-order valence-electron chi connectivity index (χ0n) is 7.94. The van der Waals surface area contributed by atoms with Gasteiger partial charge in [0.2, 0.25) is 10.1 Å². The van der Waals surface area contributed by atoms with E-state index < -0.39 is 0 Å². The minimum atomic E-state index is 0.611. The average Bonchev–Trinajstić information content (AvgIpc) is 2.15. The molecule has 0 aliphatic carbocycles. The summed E-state index contributed by atoms with van der Waals surface area (Å²) in [6.45, 7) is 7.01. The Balaban J connectivity index is 0. The van der Waals surface area contributed by atoms with Crippen LogP contribution in [0, 0.1) is 0 Å². The lowest BCUT2D eigenvalue weighted by molar-refractivity contribution is 0.590. The van der Waals surface area contributed by atoms with Crippen LogP contribution >= 0.6 is 0 Å². The number of nitrogens with two attached hydrogens (primary N) is 1. The molecule has 0 heterocycles. The third-order valence-electron chi connectivity index (χ3n) is 1.23. The number of hydrogen-bond acceptors (Lipinski definition) is 4. The summed E-state index contributed by atoms with van der Waals surface area (Å²) >= 11 is 0. The number of rotatable bonds is 7. The van der Waals surface area contributed by atoms with E-state index in [-0.39, 0.29) is 0 Å². The molecule has 0 bridgehead atoms. The number of hydrogen-bond donors (Lipinski definition) is 3. The SMILES string of the molecule is CCCNCCNCCN.O=[SiH2]. The molecule has 4 N–H and O–H groups in total. The first-order valence-electron chi connectivity index (χ1n) is 4.32. The molecule has 74 valence electrons. The van der Waals surface area contributed by atoms with Crippen molar-refractivity contribution in [2.45, 2.75) is 13.3 Å². The zero-order valence-corrected chi connectivity index (χ0v) is 9.35. The Labute approximate surface area is 77.8 Å². The zero-order chi connectivity index (χ0) is 9.66. The highest BCUT2D eigenvalue weighted by Crippen LogP contribution is 1.67. The van der Waals surface area contributed by atoms with Crippen LogP contribution in [0.4, 0.5) is 0 Å². The molecule has 0 radical (unpaired) electrons. The van der Waals surface area contributed by atoms with E-state index in [1.165, 1.54) is 6.42 Å². The summed E-state index contributed by atoms with van der Waals surface area (Å²) in [5.74, 6) is 0. The molecule has 0 saturated heterocycles. The van der Waals surface area contributed by atoms with Gasteiger partial charge < -0.3 is 20.8 Å². The molecular formula is C7H21N3OSi. The molecule has 0 spiro atoms. The number of nitrogens with one attached hydrogen (secondary N) is 2. The van der Waals surface area contributed by atoms with E-state index in [0.29, 0.717) is 10.1 Å². The summed E-state index contributed by atoms with van der Waals surface area (Å²) in [6.07, 6.45) is 1.21. The van der Waals surface area contributed by atoms with Crippen LogP contribution in [0.15, 0.2) is 0 Å². The lowest BCUT2D eigenvalue weighted by Crippen LogP contribution is -2.30. The van der Waals surface area contributed by atoms with E-state index in [9.17, 15) is 0 Å². The first kappa shape index (κ1) is 14.4. The van der Waals surface area contributed by atoms with Gasteiger partial charge in [0.1, 0.15) is 0 Å². The second kappa shape index (κ2) is 17.1. The first-order chi connectivity index (χ1) is 5.91. The largest absolute Gasteiger partial charge is 0.396 e. The summed E-state index contributed by atoms with van der Waals surface area (Å²) < 4.78 is 8.28. The maximum atomic E-state index is 8.28. The molecule has 0 aromatic heterocycles. The standard InChI is InChI=1S/C7H19N3.H2OSi/c1-2-4-9-6-7-10-5-3-8;1-2/h9-10H,2-8H2,1H3;2H2. The van der Waals surface area contributed by atoms with E-state index in [0.717, 1.165) is 32.7 Å². The van der Waals surface area contributed by atoms with Crippen LogP contribution in [0.3, 0.4) is 0 Å². The second-order valence-electron chi connectivity index (χ2n) is 2.29. The Morgan fingerprint density at radius 2 is 1.58 bits per heavy atom. The molecule has 0 rings (SSSR count). The van der Waals surface area contributed by atoms with Crippen LogP contribution < -0.4 is 16.4 Å². The van der Waals surface area contributed by atoms with Crippen LogP contribution in [0.1, 0.15) is 13.3 Å². The Morgan fingerprint density at radius 1 is 1.08 bits per heavy atom. The molecule has 12 heavy (non-hydrogen) atoms. The first-order valence-corrected chi connectivity index (χ1v) is 4.90. The fourth-order valence-corrected chi connectivity index (χ4v) is 0.706. The van der Waals surface area contributed by atoms with Gasteiger partial charge in [-0.3, -0.25) is 0 Å². The van der Waals surface area contributed by atoms with Gasteiger partial charge in [-0.25, -0.2) is 0 Å². The highest BCUT2D eigenvalue weighted by Gasteiger charge is 1.83. The Bertz CT molecular complexity index is 67.7. The summed E-state index contributed by atoms with van der Waals surface area (Å²) in [5.41, 5.74) is 5.29. The van der Waals surface area contributed by atoms with Crippen molar-refractivity contribution < 1.29 is 4.46 Å². The predicted octanol–water partition coefficient (Wildman–Crippen LogP) is -1.50. The van der Waals surface area contributed by atoms with Crippen LogP contribution in [-0.2, 0) is 4.46 Å². The third kappa shape index (κ3) is 16.5. The predicted molar refractivity (Wildman–Crippen MR) is 54.3 cm³/mol. The van der Waals surface area contributed by atoms with Crippen molar-refractivity contribution in [3.8, 4) is 0 Å². The molecule has 4 nitrogen and oxygen atoms in total. The van der Waals surface area contributed by atoms with Gasteiger partial charge in [0, 0.05) is 26.2 Å². The molecule has 0 saturated carbocycles. The molecule has 0 aliphatic rings. The van der Waals surface area contributed by atoms with E-state index in [4.69, 9.17) is 10.2 Å². The molecule has 0 aromatic rings. The van der Waals surface area contributed by atoms with Crippen molar-refractivity contribution in [2.75, 3.05) is 32.7 Å². The van der Waals surface area contributed by atoms with Crippen molar-refractivity contribution in [2.24, 2.45) is 5.73 Å². The van der Waals surface area contributed by atoms with Gasteiger partial charge in [0.05, 0.1) is 0 Å². The molecule has 0 fully saturated rings.